The maximum absolute atomic E-state index is 12.5. The SMILES string of the molecule is CC1(C)SC2C(NC(=O)CC3N=C(N/N=C/c4ccc([N+](=O)[O-])cc4)NC3=O)C(=O)N2C1C(=O)O. The number of guanidine groups is 1. The van der Waals surface area contributed by atoms with Crippen molar-refractivity contribution < 1.29 is 29.2 Å². The predicted octanol–water partition coefficient (Wildman–Crippen LogP) is -0.605. The number of hydrogen-bond acceptors (Lipinski definition) is 10. The van der Waals surface area contributed by atoms with Crippen molar-refractivity contribution in [3.05, 3.63) is 39.9 Å². The van der Waals surface area contributed by atoms with E-state index < -0.39 is 56.9 Å². The summed E-state index contributed by atoms with van der Waals surface area (Å²) in [6.45, 7) is 3.47. The van der Waals surface area contributed by atoms with Crippen LogP contribution in [-0.2, 0) is 19.2 Å². The van der Waals surface area contributed by atoms with E-state index in [9.17, 15) is 34.4 Å². The molecule has 1 aromatic rings. The minimum atomic E-state index is -1.10. The average molecular weight is 503 g/mol. The molecular formula is C20H21N7O7S. The van der Waals surface area contributed by atoms with Crippen LogP contribution in [-0.4, -0.2) is 79.0 Å². The molecule has 3 heterocycles. The highest BCUT2D eigenvalue weighted by Gasteiger charge is 2.64. The number of carbonyl (C=O) groups excluding carboxylic acids is 3. The van der Waals surface area contributed by atoms with E-state index >= 15 is 0 Å². The first kappa shape index (κ1) is 24.1. The molecular weight excluding hydrogens is 482 g/mol. The number of amides is 3. The highest BCUT2D eigenvalue weighted by molar-refractivity contribution is 8.01. The van der Waals surface area contributed by atoms with E-state index in [1.165, 1.54) is 47.1 Å². The number of carbonyl (C=O) groups is 4. The number of hydrazone groups is 1. The highest BCUT2D eigenvalue weighted by atomic mass is 32.2. The summed E-state index contributed by atoms with van der Waals surface area (Å²) in [5, 5.41) is 28.6. The molecule has 0 aromatic heterocycles. The molecule has 4 N–H and O–H groups in total. The topological polar surface area (TPSA) is 196 Å². The van der Waals surface area contributed by atoms with Crippen molar-refractivity contribution in [1.82, 2.24) is 21.0 Å². The Morgan fingerprint density at radius 1 is 1.34 bits per heavy atom. The third-order valence-corrected chi connectivity index (χ3v) is 7.26. The van der Waals surface area contributed by atoms with Crippen LogP contribution < -0.4 is 16.1 Å². The normalized spacial score (nSPS) is 26.6. The molecule has 0 radical (unpaired) electrons. The van der Waals surface area contributed by atoms with Gasteiger partial charge in [-0.05, 0) is 31.5 Å². The molecule has 3 amide bonds. The van der Waals surface area contributed by atoms with Gasteiger partial charge in [0.05, 0.1) is 17.6 Å². The van der Waals surface area contributed by atoms with Crippen LogP contribution in [0, 0.1) is 10.1 Å². The number of carboxylic acids is 1. The lowest BCUT2D eigenvalue weighted by molar-refractivity contribution is -0.384. The average Bonchev–Trinajstić information content (AvgIpc) is 3.26. The highest BCUT2D eigenvalue weighted by Crippen LogP contribution is 2.50. The van der Waals surface area contributed by atoms with Gasteiger partial charge in [0.1, 0.15) is 23.5 Å². The van der Waals surface area contributed by atoms with Gasteiger partial charge in [-0.2, -0.15) is 5.10 Å². The van der Waals surface area contributed by atoms with Gasteiger partial charge in [-0.3, -0.25) is 29.8 Å². The monoisotopic (exact) mass is 503 g/mol. The van der Waals surface area contributed by atoms with Gasteiger partial charge in [0, 0.05) is 16.9 Å². The van der Waals surface area contributed by atoms with Crippen molar-refractivity contribution in [2.45, 2.75) is 48.5 Å². The number of thioether (sulfide) groups is 1. The largest absolute Gasteiger partial charge is 0.480 e. The third kappa shape index (κ3) is 4.66. The Hall–Kier alpha value is -4.01. The molecule has 2 fully saturated rings. The van der Waals surface area contributed by atoms with Crippen LogP contribution in [0.2, 0.25) is 0 Å². The van der Waals surface area contributed by atoms with Gasteiger partial charge in [0.2, 0.25) is 17.8 Å². The van der Waals surface area contributed by atoms with E-state index in [2.05, 4.69) is 26.2 Å². The minimum absolute atomic E-state index is 0.0225. The Bertz CT molecular complexity index is 1170. The Morgan fingerprint density at radius 2 is 2.03 bits per heavy atom. The number of aliphatic imine (C=N–C) groups is 1. The molecule has 3 aliphatic heterocycles. The zero-order valence-corrected chi connectivity index (χ0v) is 19.3. The molecule has 35 heavy (non-hydrogen) atoms. The molecule has 0 bridgehead atoms. The Kier molecular flexibility index (Phi) is 6.19. The number of aliphatic carboxylic acids is 1. The lowest BCUT2D eigenvalue weighted by atomic mass is 9.96. The van der Waals surface area contributed by atoms with Crippen molar-refractivity contribution in [2.24, 2.45) is 10.1 Å². The molecule has 4 atom stereocenters. The second-order valence-corrected chi connectivity index (χ2v) is 10.3. The van der Waals surface area contributed by atoms with Gasteiger partial charge >= 0.3 is 5.97 Å². The fourth-order valence-corrected chi connectivity index (χ4v) is 5.67. The molecule has 15 heteroatoms. The van der Waals surface area contributed by atoms with Crippen LogP contribution in [0.1, 0.15) is 25.8 Å². The summed E-state index contributed by atoms with van der Waals surface area (Å²) in [6, 6.07) is 2.76. The molecule has 0 saturated carbocycles. The molecule has 184 valence electrons. The Morgan fingerprint density at radius 3 is 2.66 bits per heavy atom. The van der Waals surface area contributed by atoms with Crippen molar-refractivity contribution in [1.29, 1.82) is 0 Å². The second kappa shape index (κ2) is 8.98. The van der Waals surface area contributed by atoms with Gasteiger partial charge < -0.3 is 15.3 Å². The fourth-order valence-electron chi connectivity index (χ4n) is 4.05. The van der Waals surface area contributed by atoms with Gasteiger partial charge in [-0.25, -0.2) is 15.2 Å². The maximum atomic E-state index is 12.5. The summed E-state index contributed by atoms with van der Waals surface area (Å²) in [5.41, 5.74) is 3.04. The van der Waals surface area contributed by atoms with Gasteiger partial charge in [0.15, 0.2) is 0 Å². The summed E-state index contributed by atoms with van der Waals surface area (Å²) < 4.78 is -0.711. The van der Waals surface area contributed by atoms with E-state index in [-0.39, 0.29) is 18.1 Å². The van der Waals surface area contributed by atoms with Gasteiger partial charge in [0.25, 0.3) is 11.6 Å². The van der Waals surface area contributed by atoms with Crippen LogP contribution in [0.3, 0.4) is 0 Å². The number of hydrogen-bond donors (Lipinski definition) is 4. The van der Waals surface area contributed by atoms with Crippen molar-refractivity contribution in [2.75, 3.05) is 0 Å². The molecule has 1 aromatic carbocycles. The van der Waals surface area contributed by atoms with Crippen LogP contribution in [0.4, 0.5) is 5.69 Å². The summed E-state index contributed by atoms with van der Waals surface area (Å²) >= 11 is 1.30. The summed E-state index contributed by atoms with van der Waals surface area (Å²) in [7, 11) is 0. The molecule has 0 spiro atoms. The Balaban J connectivity index is 1.30. The number of rotatable bonds is 7. The number of nitro groups is 1. The standard InChI is InChI=1S/C20H21N7O7S/c1-20(2)14(18(31)32)26-16(30)13(17(26)35-20)23-12(28)7-11-15(29)24-19(22-11)25-21-8-9-3-5-10(6-4-9)27(33)34/h3-6,8,11,13-14,17H,7H2,1-2H3,(H,23,28)(H,31,32)(H2,22,24,25,29)/b21-8+. The molecule has 14 nitrogen and oxygen atoms in total. The number of nitro benzene ring substituents is 1. The lowest BCUT2D eigenvalue weighted by Crippen LogP contribution is -2.70. The molecule has 0 aliphatic carbocycles. The zero-order chi connectivity index (χ0) is 25.5. The predicted molar refractivity (Wildman–Crippen MR) is 123 cm³/mol. The number of nitrogens with zero attached hydrogens (tertiary/aromatic N) is 4. The number of β-lactam (4-membered cyclic amide) rings is 1. The van der Waals surface area contributed by atoms with Crippen LogP contribution >= 0.6 is 11.8 Å². The third-order valence-electron chi connectivity index (χ3n) is 5.69. The van der Waals surface area contributed by atoms with Crippen molar-refractivity contribution in [3.8, 4) is 0 Å². The van der Waals surface area contributed by atoms with E-state index in [4.69, 9.17) is 0 Å². The fraction of sp³-hybridized carbons (Fsp3) is 0.400. The van der Waals surface area contributed by atoms with Gasteiger partial charge in [-0.15, -0.1) is 11.8 Å². The number of carboxylic acid groups (broad SMARTS) is 1. The number of non-ortho nitro benzene ring substituents is 1. The first-order valence-electron chi connectivity index (χ1n) is 10.4. The number of benzene rings is 1. The first-order valence-corrected chi connectivity index (χ1v) is 11.3. The van der Waals surface area contributed by atoms with E-state index in [1.54, 1.807) is 13.8 Å². The molecule has 3 aliphatic rings. The second-order valence-electron chi connectivity index (χ2n) is 8.55. The van der Waals surface area contributed by atoms with E-state index in [0.29, 0.717) is 5.56 Å². The number of fused-ring (bicyclic) bond motifs is 1. The lowest BCUT2D eigenvalue weighted by Gasteiger charge is -2.43. The first-order chi connectivity index (χ1) is 16.5. The van der Waals surface area contributed by atoms with E-state index in [0.717, 1.165) is 0 Å². The zero-order valence-electron chi connectivity index (χ0n) is 18.5. The smallest absolute Gasteiger partial charge is 0.327 e. The quantitative estimate of drug-likeness (QED) is 0.162. The molecule has 4 rings (SSSR count). The van der Waals surface area contributed by atoms with Crippen LogP contribution in [0.25, 0.3) is 0 Å². The minimum Gasteiger partial charge on any atom is -0.480 e. The Labute approximate surface area is 202 Å². The van der Waals surface area contributed by atoms with Crippen LogP contribution in [0.5, 0.6) is 0 Å². The molecule has 4 unspecified atom stereocenters. The van der Waals surface area contributed by atoms with Crippen LogP contribution in [0.15, 0.2) is 34.4 Å². The van der Waals surface area contributed by atoms with Crippen molar-refractivity contribution in [3.63, 3.8) is 0 Å². The summed E-state index contributed by atoms with van der Waals surface area (Å²) in [5.74, 6) is -2.65. The van der Waals surface area contributed by atoms with Crippen molar-refractivity contribution >= 4 is 53.3 Å². The number of nitrogens with one attached hydrogen (secondary N) is 3. The molecule has 2 saturated heterocycles. The summed E-state index contributed by atoms with van der Waals surface area (Å²) in [6.07, 6.45) is 1.06. The van der Waals surface area contributed by atoms with Gasteiger partial charge in [-0.1, -0.05) is 0 Å². The summed E-state index contributed by atoms with van der Waals surface area (Å²) in [4.78, 5) is 64.2. The maximum Gasteiger partial charge on any atom is 0.327 e. The van der Waals surface area contributed by atoms with E-state index in [1.807, 2.05) is 0 Å².